The Balaban J connectivity index is 1.79. The molecule has 1 aliphatic carbocycles. The number of rotatable bonds is 5. The zero-order valence-corrected chi connectivity index (χ0v) is 16.3. The van der Waals surface area contributed by atoms with Crippen LogP contribution >= 0.6 is 35.0 Å². The second-order valence-corrected chi connectivity index (χ2v) is 7.93. The van der Waals surface area contributed by atoms with E-state index in [1.165, 1.54) is 0 Å². The number of hydrogen-bond acceptors (Lipinski definition) is 4. The van der Waals surface area contributed by atoms with Crippen molar-refractivity contribution in [2.45, 2.75) is 24.0 Å². The van der Waals surface area contributed by atoms with Crippen LogP contribution < -0.4 is 10.1 Å². The maximum absolute atomic E-state index is 11.6. The molecule has 4 nitrogen and oxygen atoms in total. The van der Waals surface area contributed by atoms with Gasteiger partial charge in [0, 0.05) is 18.0 Å². The quantitative estimate of drug-likeness (QED) is 0.666. The number of hydrogen-bond donors (Lipinski definition) is 1. The van der Waals surface area contributed by atoms with E-state index in [1.807, 2.05) is 18.2 Å². The molecule has 2 atom stereocenters. The average molecular weight is 410 g/mol. The number of benzene rings is 2. The second kappa shape index (κ2) is 8.33. The molecule has 1 N–H and O–H groups in total. The highest BCUT2D eigenvalue weighted by molar-refractivity contribution is 8.14. The number of aryl methyl sites for hydroxylation is 1. The van der Waals surface area contributed by atoms with Crippen molar-refractivity contribution in [3.63, 3.8) is 0 Å². The van der Waals surface area contributed by atoms with Crippen molar-refractivity contribution in [2.75, 3.05) is 7.05 Å². The van der Waals surface area contributed by atoms with Crippen molar-refractivity contribution in [3.05, 3.63) is 57.6 Å². The smallest absolute Gasteiger partial charge is 0.279 e. The minimum absolute atomic E-state index is 0.0259. The summed E-state index contributed by atoms with van der Waals surface area (Å²) in [6.07, 6.45) is 2.52. The number of carbonyl (C=O) groups is 2. The van der Waals surface area contributed by atoms with Gasteiger partial charge in [0.2, 0.25) is 0 Å². The van der Waals surface area contributed by atoms with Gasteiger partial charge < -0.3 is 14.8 Å². The zero-order valence-electron chi connectivity index (χ0n) is 14.0. The number of carbonyl (C=O) groups excluding carboxylic acids is 2. The van der Waals surface area contributed by atoms with Crippen molar-refractivity contribution in [1.82, 2.24) is 5.32 Å². The van der Waals surface area contributed by atoms with Crippen LogP contribution in [0.15, 0.2) is 36.4 Å². The van der Waals surface area contributed by atoms with Crippen molar-refractivity contribution in [1.29, 1.82) is 0 Å². The SMILES string of the molecule is CNC(=O)SC(C=O)C1CCc2cc(Oc3ccc(Cl)cc3Cl)ccc21. The van der Waals surface area contributed by atoms with E-state index in [0.29, 0.717) is 21.5 Å². The summed E-state index contributed by atoms with van der Waals surface area (Å²) in [5, 5.41) is 2.94. The molecule has 0 bridgehead atoms. The Morgan fingerprint density at radius 1 is 1.31 bits per heavy atom. The van der Waals surface area contributed by atoms with Crippen LogP contribution in [-0.2, 0) is 11.2 Å². The Morgan fingerprint density at radius 2 is 2.12 bits per heavy atom. The fraction of sp³-hybridized carbons (Fsp3) is 0.263. The number of ether oxygens (including phenoxy) is 1. The van der Waals surface area contributed by atoms with Gasteiger partial charge in [0.05, 0.1) is 10.3 Å². The lowest BCUT2D eigenvalue weighted by atomic mass is 9.98. The molecule has 136 valence electrons. The molecule has 0 radical (unpaired) electrons. The van der Waals surface area contributed by atoms with Gasteiger partial charge in [-0.1, -0.05) is 41.0 Å². The number of aldehydes is 1. The summed E-state index contributed by atoms with van der Waals surface area (Å²) >= 11 is 13.1. The Hall–Kier alpha value is -1.69. The Morgan fingerprint density at radius 3 is 2.81 bits per heavy atom. The third-order valence-corrected chi connectivity index (χ3v) is 6.00. The van der Waals surface area contributed by atoms with Crippen LogP contribution in [0.2, 0.25) is 10.0 Å². The van der Waals surface area contributed by atoms with Crippen LogP contribution in [0.3, 0.4) is 0 Å². The molecular formula is C19H17Cl2NO3S. The van der Waals surface area contributed by atoms with E-state index >= 15 is 0 Å². The van der Waals surface area contributed by atoms with Crippen LogP contribution in [0.1, 0.15) is 23.5 Å². The molecule has 0 aromatic heterocycles. The Labute approximate surface area is 166 Å². The maximum atomic E-state index is 11.6. The summed E-state index contributed by atoms with van der Waals surface area (Å²) in [6.45, 7) is 0. The molecular weight excluding hydrogens is 393 g/mol. The van der Waals surface area contributed by atoms with Gasteiger partial charge in [-0.15, -0.1) is 0 Å². The average Bonchev–Trinajstić information content (AvgIpc) is 3.05. The fourth-order valence-corrected chi connectivity index (χ4v) is 4.42. The monoisotopic (exact) mass is 409 g/mol. The Bertz CT molecular complexity index is 844. The molecule has 1 amide bonds. The molecule has 7 heteroatoms. The summed E-state index contributed by atoms with van der Waals surface area (Å²) in [6, 6.07) is 10.9. The van der Waals surface area contributed by atoms with E-state index in [9.17, 15) is 9.59 Å². The topological polar surface area (TPSA) is 55.4 Å². The largest absolute Gasteiger partial charge is 0.456 e. The second-order valence-electron chi connectivity index (χ2n) is 5.94. The van der Waals surface area contributed by atoms with E-state index in [4.69, 9.17) is 27.9 Å². The van der Waals surface area contributed by atoms with Crippen LogP contribution in [0, 0.1) is 0 Å². The lowest BCUT2D eigenvalue weighted by Crippen LogP contribution is -2.21. The third-order valence-electron chi connectivity index (χ3n) is 4.34. The van der Waals surface area contributed by atoms with Crippen LogP contribution in [0.25, 0.3) is 0 Å². The lowest BCUT2D eigenvalue weighted by molar-refractivity contribution is -0.107. The molecule has 26 heavy (non-hydrogen) atoms. The third kappa shape index (κ3) is 4.17. The summed E-state index contributed by atoms with van der Waals surface area (Å²) < 4.78 is 5.86. The van der Waals surface area contributed by atoms with Gasteiger partial charge in [-0.25, -0.2) is 0 Å². The van der Waals surface area contributed by atoms with Crippen LogP contribution in [0.4, 0.5) is 4.79 Å². The molecule has 1 aliphatic rings. The molecule has 2 aromatic carbocycles. The molecule has 2 unspecified atom stereocenters. The molecule has 2 aromatic rings. The van der Waals surface area contributed by atoms with Gasteiger partial charge in [0.25, 0.3) is 5.24 Å². The minimum atomic E-state index is -0.395. The first kappa shape index (κ1) is 19.1. The fourth-order valence-electron chi connectivity index (χ4n) is 3.10. The van der Waals surface area contributed by atoms with E-state index in [0.717, 1.165) is 42.0 Å². The van der Waals surface area contributed by atoms with Crippen molar-refractivity contribution in [3.8, 4) is 11.5 Å². The molecule has 0 heterocycles. The van der Waals surface area contributed by atoms with Gasteiger partial charge >= 0.3 is 0 Å². The van der Waals surface area contributed by atoms with E-state index < -0.39 is 5.25 Å². The number of halogens is 2. The maximum Gasteiger partial charge on any atom is 0.279 e. The number of fused-ring (bicyclic) bond motifs is 1. The number of thioether (sulfide) groups is 1. The molecule has 0 spiro atoms. The summed E-state index contributed by atoms with van der Waals surface area (Å²) in [7, 11) is 1.56. The van der Waals surface area contributed by atoms with Gasteiger partial charge in [0.15, 0.2) is 0 Å². The molecule has 0 saturated heterocycles. The van der Waals surface area contributed by atoms with Gasteiger partial charge in [-0.2, -0.15) is 0 Å². The summed E-state index contributed by atoms with van der Waals surface area (Å²) in [5.74, 6) is 1.24. The Kier molecular flexibility index (Phi) is 6.12. The molecule has 0 fully saturated rings. The number of nitrogens with one attached hydrogen (secondary N) is 1. The summed E-state index contributed by atoms with van der Waals surface area (Å²) in [4.78, 5) is 23.1. The van der Waals surface area contributed by atoms with E-state index in [-0.39, 0.29) is 11.2 Å². The molecule has 3 rings (SSSR count). The van der Waals surface area contributed by atoms with Crippen molar-refractivity contribution < 1.29 is 14.3 Å². The normalized spacial score (nSPS) is 16.7. The highest BCUT2D eigenvalue weighted by Crippen LogP contribution is 2.41. The lowest BCUT2D eigenvalue weighted by Gasteiger charge is -2.18. The number of amides is 1. The highest BCUT2D eigenvalue weighted by Gasteiger charge is 2.31. The van der Waals surface area contributed by atoms with Gasteiger partial charge in [-0.3, -0.25) is 4.79 Å². The van der Waals surface area contributed by atoms with E-state index in [1.54, 1.807) is 25.2 Å². The predicted octanol–water partition coefficient (Wildman–Crippen LogP) is 5.46. The first-order valence-electron chi connectivity index (χ1n) is 8.11. The van der Waals surface area contributed by atoms with Gasteiger partial charge in [0.1, 0.15) is 17.8 Å². The van der Waals surface area contributed by atoms with Crippen LogP contribution in [-0.4, -0.2) is 23.8 Å². The highest BCUT2D eigenvalue weighted by atomic mass is 35.5. The first-order valence-corrected chi connectivity index (χ1v) is 9.74. The zero-order chi connectivity index (χ0) is 18.7. The van der Waals surface area contributed by atoms with Crippen molar-refractivity contribution >= 4 is 46.5 Å². The van der Waals surface area contributed by atoms with Crippen molar-refractivity contribution in [2.24, 2.45) is 0 Å². The molecule has 0 aliphatic heterocycles. The van der Waals surface area contributed by atoms with Crippen LogP contribution in [0.5, 0.6) is 11.5 Å². The minimum Gasteiger partial charge on any atom is -0.456 e. The summed E-state index contributed by atoms with van der Waals surface area (Å²) in [5.41, 5.74) is 2.22. The predicted molar refractivity (Wildman–Crippen MR) is 106 cm³/mol. The first-order chi connectivity index (χ1) is 12.5. The van der Waals surface area contributed by atoms with Gasteiger partial charge in [-0.05, 0) is 54.3 Å². The standard InChI is InChI=1S/C19H17Cl2NO3S/c1-22-19(24)26-18(10-23)15-5-2-11-8-13(4-6-14(11)15)25-17-7-3-12(20)9-16(17)21/h3-4,6-10,15,18H,2,5H2,1H3,(H,22,24). The molecule has 0 saturated carbocycles. The van der Waals surface area contributed by atoms with E-state index in [2.05, 4.69) is 5.32 Å².